The zero-order chi connectivity index (χ0) is 20.4. The molecule has 0 aliphatic rings. The number of hydrogen-bond donors (Lipinski definition) is 0. The summed E-state index contributed by atoms with van der Waals surface area (Å²) in [6.07, 6.45) is 5.00. The van der Waals surface area contributed by atoms with E-state index in [9.17, 15) is 9.59 Å². The molecular weight excluding hydrogens is 350 g/mol. The second-order valence-electron chi connectivity index (χ2n) is 6.83. The van der Waals surface area contributed by atoms with Crippen LogP contribution in [0, 0.1) is 0 Å². The van der Waals surface area contributed by atoms with Gasteiger partial charge in [0, 0.05) is 24.2 Å². The molecule has 4 heteroatoms. The van der Waals surface area contributed by atoms with Crippen molar-refractivity contribution < 1.29 is 14.4 Å². The lowest BCUT2D eigenvalue weighted by atomic mass is 9.91. The van der Waals surface area contributed by atoms with Crippen LogP contribution in [0.1, 0.15) is 78.3 Å². The minimum atomic E-state index is -0.392. The molecule has 0 atom stereocenters. The smallest absolute Gasteiger partial charge is 0.357 e. The largest absolute Gasteiger partial charge is 0.364 e. The maximum absolute atomic E-state index is 13.1. The lowest BCUT2D eigenvalue weighted by Gasteiger charge is -2.19. The van der Waals surface area contributed by atoms with Crippen LogP contribution in [0.5, 0.6) is 0 Å². The number of ketones is 1. The van der Waals surface area contributed by atoms with Gasteiger partial charge >= 0.3 is 5.97 Å². The molecule has 28 heavy (non-hydrogen) atoms. The average Bonchev–Trinajstić information content (AvgIpc) is 2.74. The summed E-state index contributed by atoms with van der Waals surface area (Å²) in [5.74, 6) is -0.444. The van der Waals surface area contributed by atoms with E-state index in [1.165, 1.54) is 0 Å². The molecule has 2 aromatic carbocycles. The summed E-state index contributed by atoms with van der Waals surface area (Å²) in [5.41, 5.74) is 2.51. The molecule has 0 N–H and O–H groups in total. The highest BCUT2D eigenvalue weighted by Crippen LogP contribution is 2.23. The monoisotopic (exact) mass is 381 g/mol. The molecule has 4 nitrogen and oxygen atoms in total. The third-order valence-electron chi connectivity index (χ3n) is 4.87. The van der Waals surface area contributed by atoms with Gasteiger partial charge in [0.1, 0.15) is 0 Å². The number of unbranched alkanes of at least 4 members (excludes halogenated alkanes) is 3. The van der Waals surface area contributed by atoms with Crippen LogP contribution in [0.4, 0.5) is 0 Å². The maximum Gasteiger partial charge on any atom is 0.357 e. The second kappa shape index (κ2) is 11.4. The number of hydrogen-bond acceptors (Lipinski definition) is 4. The van der Waals surface area contributed by atoms with Gasteiger partial charge in [0.2, 0.25) is 0 Å². The summed E-state index contributed by atoms with van der Waals surface area (Å²) in [7, 11) is 0. The van der Waals surface area contributed by atoms with Gasteiger partial charge < -0.3 is 4.84 Å². The van der Waals surface area contributed by atoms with Crippen LogP contribution in [-0.4, -0.2) is 29.9 Å². The van der Waals surface area contributed by atoms with Crippen molar-refractivity contribution in [3.8, 4) is 0 Å². The lowest BCUT2D eigenvalue weighted by molar-refractivity contribution is -0.103. The maximum atomic E-state index is 13.1. The van der Waals surface area contributed by atoms with Crippen LogP contribution >= 0.6 is 0 Å². The van der Waals surface area contributed by atoms with Crippen molar-refractivity contribution >= 4 is 11.8 Å². The highest BCUT2D eigenvalue weighted by atomic mass is 16.7. The number of carbonyl (C=O) groups is 2. The van der Waals surface area contributed by atoms with E-state index < -0.39 is 5.97 Å². The summed E-state index contributed by atoms with van der Waals surface area (Å²) in [4.78, 5) is 31.4. The van der Waals surface area contributed by atoms with Gasteiger partial charge in [-0.2, -0.15) is 0 Å². The number of nitrogens with zero attached hydrogens (tertiary/aromatic N) is 1. The zero-order valence-corrected chi connectivity index (χ0v) is 17.2. The fourth-order valence-electron chi connectivity index (χ4n) is 3.25. The fraction of sp³-hybridized carbons (Fsp3) is 0.417. The summed E-state index contributed by atoms with van der Waals surface area (Å²) in [6, 6.07) is 14.6. The molecule has 0 spiro atoms. The molecule has 0 radical (unpaired) electrons. The molecule has 0 saturated carbocycles. The van der Waals surface area contributed by atoms with Crippen molar-refractivity contribution in [1.29, 1.82) is 0 Å². The third-order valence-corrected chi connectivity index (χ3v) is 4.87. The van der Waals surface area contributed by atoms with Gasteiger partial charge in [0.25, 0.3) is 0 Å². The van der Waals surface area contributed by atoms with E-state index in [0.29, 0.717) is 36.2 Å². The molecule has 2 aromatic rings. The van der Waals surface area contributed by atoms with Crippen LogP contribution in [0.25, 0.3) is 0 Å². The lowest BCUT2D eigenvalue weighted by Crippen LogP contribution is -2.27. The van der Waals surface area contributed by atoms with E-state index in [1.807, 2.05) is 50.2 Å². The van der Waals surface area contributed by atoms with Crippen LogP contribution in [0.2, 0.25) is 0 Å². The Morgan fingerprint density at radius 1 is 0.821 bits per heavy atom. The molecule has 0 aliphatic heterocycles. The first-order valence-corrected chi connectivity index (χ1v) is 10.3. The van der Waals surface area contributed by atoms with E-state index in [0.717, 1.165) is 31.2 Å². The molecule has 0 saturated heterocycles. The Balaban J connectivity index is 2.38. The van der Waals surface area contributed by atoms with Crippen molar-refractivity contribution in [3.05, 3.63) is 70.8 Å². The van der Waals surface area contributed by atoms with Crippen LogP contribution < -0.4 is 0 Å². The van der Waals surface area contributed by atoms with Crippen LogP contribution in [0.3, 0.4) is 0 Å². The predicted molar refractivity (Wildman–Crippen MR) is 112 cm³/mol. The van der Waals surface area contributed by atoms with Crippen LogP contribution in [-0.2, 0) is 11.3 Å². The molecule has 0 unspecified atom stereocenters. The van der Waals surface area contributed by atoms with Gasteiger partial charge in [-0.15, -0.1) is 5.06 Å². The van der Waals surface area contributed by atoms with Crippen molar-refractivity contribution in [1.82, 2.24) is 5.06 Å². The van der Waals surface area contributed by atoms with E-state index in [1.54, 1.807) is 17.2 Å². The van der Waals surface area contributed by atoms with Crippen LogP contribution in [0.15, 0.2) is 48.5 Å². The number of benzene rings is 2. The molecular formula is C24H31NO3. The normalized spacial score (nSPS) is 10.9. The molecule has 0 amide bonds. The van der Waals surface area contributed by atoms with Gasteiger partial charge in [0.05, 0.1) is 5.56 Å². The first-order valence-electron chi connectivity index (χ1n) is 10.3. The van der Waals surface area contributed by atoms with Crippen molar-refractivity contribution in [2.45, 2.75) is 52.9 Å². The molecule has 0 bridgehead atoms. The SMILES string of the molecule is CCCCCCc1c(C(=O)ON(CC)CC)cccc1C(=O)c1ccccc1. The van der Waals surface area contributed by atoms with Gasteiger partial charge in [-0.1, -0.05) is 68.7 Å². The fourth-order valence-corrected chi connectivity index (χ4v) is 3.25. The Morgan fingerprint density at radius 2 is 1.50 bits per heavy atom. The van der Waals surface area contributed by atoms with E-state index >= 15 is 0 Å². The Labute approximate surface area is 168 Å². The number of hydroxylamine groups is 2. The first-order chi connectivity index (χ1) is 13.6. The quantitative estimate of drug-likeness (QED) is 0.295. The Morgan fingerprint density at radius 3 is 2.14 bits per heavy atom. The average molecular weight is 382 g/mol. The Kier molecular flexibility index (Phi) is 8.89. The minimum Gasteiger partial charge on any atom is -0.364 e. The highest BCUT2D eigenvalue weighted by Gasteiger charge is 2.22. The van der Waals surface area contributed by atoms with Crippen molar-refractivity contribution in [2.75, 3.05) is 13.1 Å². The van der Waals surface area contributed by atoms with Gasteiger partial charge in [0.15, 0.2) is 5.78 Å². The Hall–Kier alpha value is -2.46. The number of carbonyl (C=O) groups excluding carboxylic acids is 2. The topological polar surface area (TPSA) is 46.6 Å². The van der Waals surface area contributed by atoms with Gasteiger partial charge in [-0.3, -0.25) is 4.79 Å². The second-order valence-corrected chi connectivity index (χ2v) is 6.83. The molecule has 0 aromatic heterocycles. The van der Waals surface area contributed by atoms with E-state index in [-0.39, 0.29) is 5.78 Å². The highest BCUT2D eigenvalue weighted by molar-refractivity contribution is 6.11. The van der Waals surface area contributed by atoms with Crippen molar-refractivity contribution in [2.24, 2.45) is 0 Å². The zero-order valence-electron chi connectivity index (χ0n) is 17.2. The standard InChI is InChI=1S/C24H31NO3/c1-4-7-8-12-16-20-21(23(26)19-14-10-9-11-15-19)17-13-18-22(20)24(27)28-25(5-2)6-3/h9-11,13-15,17-18H,4-8,12,16H2,1-3H3. The molecule has 0 fully saturated rings. The molecule has 0 heterocycles. The number of rotatable bonds is 11. The summed E-state index contributed by atoms with van der Waals surface area (Å²) in [6.45, 7) is 7.29. The van der Waals surface area contributed by atoms with Gasteiger partial charge in [-0.05, 0) is 38.3 Å². The molecule has 150 valence electrons. The van der Waals surface area contributed by atoms with Gasteiger partial charge in [-0.25, -0.2) is 4.79 Å². The van der Waals surface area contributed by atoms with E-state index in [4.69, 9.17) is 4.84 Å². The molecule has 2 rings (SSSR count). The minimum absolute atomic E-state index is 0.0522. The molecule has 0 aliphatic carbocycles. The first kappa shape index (κ1) is 21.8. The predicted octanol–water partition coefficient (Wildman–Crippen LogP) is 5.45. The summed E-state index contributed by atoms with van der Waals surface area (Å²) in [5, 5.41) is 1.62. The van der Waals surface area contributed by atoms with Crippen molar-refractivity contribution in [3.63, 3.8) is 0 Å². The third kappa shape index (κ3) is 5.77. The summed E-state index contributed by atoms with van der Waals surface area (Å²) < 4.78 is 0. The van der Waals surface area contributed by atoms with E-state index in [2.05, 4.69) is 6.92 Å². The summed E-state index contributed by atoms with van der Waals surface area (Å²) >= 11 is 0. The Bertz CT molecular complexity index is 767.